The van der Waals surface area contributed by atoms with Gasteiger partial charge in [-0.05, 0) is 36.2 Å². The zero-order valence-electron chi connectivity index (χ0n) is 11.0. The molecule has 0 aliphatic heterocycles. The van der Waals surface area contributed by atoms with Crippen molar-refractivity contribution in [2.75, 3.05) is 7.11 Å². The second-order valence-corrected chi connectivity index (χ2v) is 4.49. The van der Waals surface area contributed by atoms with E-state index in [0.29, 0.717) is 18.4 Å². The molecule has 0 unspecified atom stereocenters. The third kappa shape index (κ3) is 3.86. The summed E-state index contributed by atoms with van der Waals surface area (Å²) in [5.41, 5.74) is 2.98. The zero-order valence-corrected chi connectivity index (χ0v) is 11.8. The molecule has 0 bridgehead atoms. The van der Waals surface area contributed by atoms with Gasteiger partial charge in [0.25, 0.3) is 0 Å². The molecule has 0 atom stereocenters. The number of aryl methyl sites for hydroxylation is 1. The summed E-state index contributed by atoms with van der Waals surface area (Å²) in [6, 6.07) is 11.6. The first-order chi connectivity index (χ1) is 9.21. The van der Waals surface area contributed by atoms with Crippen LogP contribution in [0.25, 0.3) is 0 Å². The fraction of sp³-hybridized carbons (Fsp3) is 0.267. The third-order valence-electron chi connectivity index (χ3n) is 2.69. The largest absolute Gasteiger partial charge is 0.497 e. The van der Waals surface area contributed by atoms with E-state index in [1.54, 1.807) is 7.11 Å². The Morgan fingerprint density at radius 1 is 1.11 bits per heavy atom. The van der Waals surface area contributed by atoms with E-state index < -0.39 is 0 Å². The minimum atomic E-state index is 0.461. The van der Waals surface area contributed by atoms with Gasteiger partial charge in [-0.1, -0.05) is 12.1 Å². The molecule has 0 aliphatic rings. The van der Waals surface area contributed by atoms with Crippen molar-refractivity contribution in [2.24, 2.45) is 0 Å². The Hall–Kier alpha value is -1.74. The number of pyridine rings is 1. The fourth-order valence-electron chi connectivity index (χ4n) is 1.74. The molecule has 0 aliphatic carbocycles. The average Bonchev–Trinajstić information content (AvgIpc) is 2.45. The highest BCUT2D eigenvalue weighted by Gasteiger charge is 2.02. The van der Waals surface area contributed by atoms with Crippen LogP contribution in [0, 0.1) is 6.92 Å². The number of aromatic nitrogens is 1. The van der Waals surface area contributed by atoms with Crippen LogP contribution in [0.3, 0.4) is 0 Å². The van der Waals surface area contributed by atoms with E-state index in [9.17, 15) is 0 Å². The van der Waals surface area contributed by atoms with E-state index in [0.717, 1.165) is 22.6 Å². The van der Waals surface area contributed by atoms with Gasteiger partial charge in [-0.3, -0.25) is 0 Å². The lowest BCUT2D eigenvalue weighted by atomic mass is 10.2. The van der Waals surface area contributed by atoms with E-state index in [1.165, 1.54) is 0 Å². The molecule has 0 saturated carbocycles. The van der Waals surface area contributed by atoms with Gasteiger partial charge in [0.2, 0.25) is 5.88 Å². The number of rotatable bonds is 5. The van der Waals surface area contributed by atoms with Crippen molar-refractivity contribution in [3.05, 3.63) is 53.2 Å². The van der Waals surface area contributed by atoms with Gasteiger partial charge < -0.3 is 9.47 Å². The predicted octanol–water partition coefficient (Wildman–Crippen LogP) is 3.72. The first kappa shape index (κ1) is 13.7. The number of methoxy groups -OCH3 is 1. The molecular formula is C15H16ClNO2. The Morgan fingerprint density at radius 3 is 2.47 bits per heavy atom. The van der Waals surface area contributed by atoms with Gasteiger partial charge in [0.15, 0.2) is 0 Å². The molecule has 0 amide bonds. The molecule has 1 heterocycles. The summed E-state index contributed by atoms with van der Waals surface area (Å²) >= 11 is 5.82. The second kappa shape index (κ2) is 6.43. The number of hydrogen-bond acceptors (Lipinski definition) is 3. The zero-order chi connectivity index (χ0) is 13.7. The quantitative estimate of drug-likeness (QED) is 0.781. The molecule has 2 aromatic rings. The Bertz CT molecular complexity index is 540. The first-order valence-corrected chi connectivity index (χ1v) is 6.54. The predicted molar refractivity (Wildman–Crippen MR) is 75.9 cm³/mol. The van der Waals surface area contributed by atoms with Crippen LogP contribution in [-0.2, 0) is 12.5 Å². The molecule has 0 N–H and O–H groups in total. The van der Waals surface area contributed by atoms with Crippen molar-refractivity contribution in [1.82, 2.24) is 4.98 Å². The highest BCUT2D eigenvalue weighted by molar-refractivity contribution is 6.17. The van der Waals surface area contributed by atoms with Gasteiger partial charge in [0.1, 0.15) is 12.4 Å². The van der Waals surface area contributed by atoms with Crippen molar-refractivity contribution in [3.63, 3.8) is 0 Å². The summed E-state index contributed by atoms with van der Waals surface area (Å²) in [6.45, 7) is 2.40. The number of hydrogen-bond donors (Lipinski definition) is 0. The molecule has 0 fully saturated rings. The van der Waals surface area contributed by atoms with Gasteiger partial charge in [-0.15, -0.1) is 11.6 Å². The van der Waals surface area contributed by atoms with Crippen LogP contribution < -0.4 is 9.47 Å². The molecular weight excluding hydrogens is 262 g/mol. The lowest BCUT2D eigenvalue weighted by Gasteiger charge is -2.08. The lowest BCUT2D eigenvalue weighted by Crippen LogP contribution is -1.99. The first-order valence-electron chi connectivity index (χ1n) is 6.00. The number of nitrogens with zero attached hydrogens (tertiary/aromatic N) is 1. The van der Waals surface area contributed by atoms with Crippen molar-refractivity contribution >= 4 is 11.6 Å². The van der Waals surface area contributed by atoms with Gasteiger partial charge in [0.05, 0.1) is 7.11 Å². The van der Waals surface area contributed by atoms with Crippen LogP contribution in [0.1, 0.15) is 16.8 Å². The Labute approximate surface area is 118 Å². The number of halogens is 1. The molecule has 0 spiro atoms. The Morgan fingerprint density at radius 2 is 1.84 bits per heavy atom. The number of alkyl halides is 1. The van der Waals surface area contributed by atoms with E-state index >= 15 is 0 Å². The minimum Gasteiger partial charge on any atom is -0.497 e. The van der Waals surface area contributed by atoms with Crippen LogP contribution in [-0.4, -0.2) is 12.1 Å². The van der Waals surface area contributed by atoms with E-state index in [1.807, 2.05) is 43.3 Å². The molecule has 1 aromatic carbocycles. The Balaban J connectivity index is 2.03. The fourth-order valence-corrected chi connectivity index (χ4v) is 1.89. The van der Waals surface area contributed by atoms with Gasteiger partial charge in [0, 0.05) is 17.6 Å². The Kier molecular flexibility index (Phi) is 4.63. The lowest BCUT2D eigenvalue weighted by molar-refractivity contribution is 0.293. The highest BCUT2D eigenvalue weighted by atomic mass is 35.5. The minimum absolute atomic E-state index is 0.461. The molecule has 0 radical (unpaired) electrons. The maximum atomic E-state index is 5.82. The highest BCUT2D eigenvalue weighted by Crippen LogP contribution is 2.17. The van der Waals surface area contributed by atoms with Crippen LogP contribution in [0.5, 0.6) is 11.6 Å². The topological polar surface area (TPSA) is 31.4 Å². The van der Waals surface area contributed by atoms with Crippen LogP contribution in [0.2, 0.25) is 0 Å². The van der Waals surface area contributed by atoms with E-state index in [2.05, 4.69) is 4.98 Å². The standard InChI is InChI=1S/C15H16ClNO2/c1-11-7-13(9-16)8-15(17-11)19-10-12-3-5-14(18-2)6-4-12/h3-8H,9-10H2,1-2H3. The summed E-state index contributed by atoms with van der Waals surface area (Å²) < 4.78 is 10.8. The monoisotopic (exact) mass is 277 g/mol. The summed E-state index contributed by atoms with van der Waals surface area (Å²) in [7, 11) is 1.65. The summed E-state index contributed by atoms with van der Waals surface area (Å²) in [5.74, 6) is 1.90. The molecule has 3 nitrogen and oxygen atoms in total. The smallest absolute Gasteiger partial charge is 0.214 e. The third-order valence-corrected chi connectivity index (χ3v) is 3.00. The SMILES string of the molecule is COc1ccc(COc2cc(CCl)cc(C)n2)cc1. The van der Waals surface area contributed by atoms with E-state index in [-0.39, 0.29) is 0 Å². The maximum absolute atomic E-state index is 5.82. The number of benzene rings is 1. The molecule has 2 rings (SSSR count). The molecule has 4 heteroatoms. The maximum Gasteiger partial charge on any atom is 0.214 e. The van der Waals surface area contributed by atoms with Crippen LogP contribution >= 0.6 is 11.6 Å². The summed E-state index contributed by atoms with van der Waals surface area (Å²) in [6.07, 6.45) is 0. The molecule has 1 aromatic heterocycles. The van der Waals surface area contributed by atoms with Crippen molar-refractivity contribution in [2.45, 2.75) is 19.4 Å². The van der Waals surface area contributed by atoms with Gasteiger partial charge >= 0.3 is 0 Å². The summed E-state index contributed by atoms with van der Waals surface area (Å²) in [5, 5.41) is 0. The van der Waals surface area contributed by atoms with Crippen LogP contribution in [0.4, 0.5) is 0 Å². The van der Waals surface area contributed by atoms with Crippen molar-refractivity contribution in [3.8, 4) is 11.6 Å². The number of ether oxygens (including phenoxy) is 2. The van der Waals surface area contributed by atoms with Crippen molar-refractivity contribution < 1.29 is 9.47 Å². The molecule has 19 heavy (non-hydrogen) atoms. The molecule has 100 valence electrons. The van der Waals surface area contributed by atoms with Crippen LogP contribution in [0.15, 0.2) is 36.4 Å². The normalized spacial score (nSPS) is 10.3. The molecule has 0 saturated heterocycles. The van der Waals surface area contributed by atoms with Crippen molar-refractivity contribution in [1.29, 1.82) is 0 Å². The second-order valence-electron chi connectivity index (χ2n) is 4.23. The van der Waals surface area contributed by atoms with Gasteiger partial charge in [-0.25, -0.2) is 4.98 Å². The summed E-state index contributed by atoms with van der Waals surface area (Å²) in [4.78, 5) is 4.33. The average molecular weight is 278 g/mol. The van der Waals surface area contributed by atoms with Gasteiger partial charge in [-0.2, -0.15) is 0 Å². The van der Waals surface area contributed by atoms with E-state index in [4.69, 9.17) is 21.1 Å².